The Morgan fingerprint density at radius 3 is 2.48 bits per heavy atom. The molecule has 1 aromatic carbocycles. The molecule has 0 radical (unpaired) electrons. The molecule has 0 saturated carbocycles. The Bertz CT molecular complexity index is 556. The zero-order valence-corrected chi connectivity index (χ0v) is 13.3. The van der Waals surface area contributed by atoms with E-state index < -0.39 is 10.0 Å². The highest BCUT2D eigenvalue weighted by atomic mass is 32.2. The quantitative estimate of drug-likeness (QED) is 0.584. The first-order valence-corrected chi connectivity index (χ1v) is 8.75. The van der Waals surface area contributed by atoms with Crippen molar-refractivity contribution in [2.45, 2.75) is 43.7 Å². The molecular formula is C15H23NO4S. The summed E-state index contributed by atoms with van der Waals surface area (Å²) < 4.78 is 31.9. The third-order valence-corrected chi connectivity index (χ3v) is 5.69. The first kappa shape index (κ1) is 16.4. The van der Waals surface area contributed by atoms with Gasteiger partial charge >= 0.3 is 0 Å². The second kappa shape index (κ2) is 6.87. The Morgan fingerprint density at radius 2 is 1.90 bits per heavy atom. The minimum atomic E-state index is -3.54. The molecule has 1 aliphatic heterocycles. The van der Waals surface area contributed by atoms with Crippen molar-refractivity contribution in [3.05, 3.63) is 29.8 Å². The van der Waals surface area contributed by atoms with Crippen molar-refractivity contribution in [1.29, 1.82) is 0 Å². The topological polar surface area (TPSA) is 66.6 Å². The Kier molecular flexibility index (Phi) is 5.37. The lowest BCUT2D eigenvalue weighted by Gasteiger charge is -2.07. The average molecular weight is 313 g/mol. The first-order valence-electron chi connectivity index (χ1n) is 7.31. The minimum Gasteiger partial charge on any atom is -0.395 e. The van der Waals surface area contributed by atoms with Gasteiger partial charge in [0.2, 0.25) is 10.0 Å². The fourth-order valence-electron chi connectivity index (χ4n) is 2.34. The molecule has 6 heteroatoms. The molecule has 1 aromatic rings. The lowest BCUT2D eigenvalue weighted by molar-refractivity contribution is 0.127. The van der Waals surface area contributed by atoms with Crippen LogP contribution in [0.5, 0.6) is 0 Å². The van der Waals surface area contributed by atoms with Crippen molar-refractivity contribution >= 4 is 10.0 Å². The van der Waals surface area contributed by atoms with Crippen LogP contribution in [0, 0.1) is 6.92 Å². The summed E-state index contributed by atoms with van der Waals surface area (Å²) in [7, 11) is -3.54. The van der Waals surface area contributed by atoms with Crippen LogP contribution in [0.4, 0.5) is 0 Å². The van der Waals surface area contributed by atoms with Gasteiger partial charge in [0.15, 0.2) is 0 Å². The number of ether oxygens (including phenoxy) is 1. The van der Waals surface area contributed by atoms with Crippen LogP contribution >= 0.6 is 0 Å². The van der Waals surface area contributed by atoms with Gasteiger partial charge in [-0.3, -0.25) is 0 Å². The molecule has 118 valence electrons. The third kappa shape index (κ3) is 3.63. The lowest BCUT2D eigenvalue weighted by Crippen LogP contribution is -2.18. The number of nitrogens with zero attached hydrogens (tertiary/aromatic N) is 1. The van der Waals surface area contributed by atoms with E-state index >= 15 is 0 Å². The molecule has 5 nitrogen and oxygen atoms in total. The van der Waals surface area contributed by atoms with Gasteiger partial charge in [-0.05, 0) is 25.5 Å². The van der Waals surface area contributed by atoms with E-state index in [4.69, 9.17) is 4.74 Å². The summed E-state index contributed by atoms with van der Waals surface area (Å²) in [6.07, 6.45) is 2.00. The third-order valence-electron chi connectivity index (χ3n) is 3.72. The van der Waals surface area contributed by atoms with Gasteiger partial charge in [0.25, 0.3) is 0 Å². The summed E-state index contributed by atoms with van der Waals surface area (Å²) in [6, 6.07) is 6.14. The molecule has 1 heterocycles. The van der Waals surface area contributed by atoms with Crippen LogP contribution in [0.25, 0.3) is 0 Å². The standard InChI is InChI=1S/C15H23NO4S/c1-3-4-9-20-11-15-14(10-17)16(15)21(18,19)13-7-5-12(2)6-8-13/h5-8,14-15,17H,3-4,9-11H2,1-2H3/t14-,15+,16?/m0/s1. The van der Waals surface area contributed by atoms with E-state index in [1.165, 1.54) is 4.31 Å². The number of hydrogen-bond acceptors (Lipinski definition) is 4. The molecule has 0 amide bonds. The van der Waals surface area contributed by atoms with Crippen LogP contribution in [0.15, 0.2) is 29.2 Å². The van der Waals surface area contributed by atoms with E-state index in [0.717, 1.165) is 18.4 Å². The largest absolute Gasteiger partial charge is 0.395 e. The van der Waals surface area contributed by atoms with Crippen LogP contribution < -0.4 is 0 Å². The Balaban J connectivity index is 2.04. The number of aliphatic hydroxyl groups excluding tert-OH is 1. The molecule has 1 fully saturated rings. The van der Waals surface area contributed by atoms with Gasteiger partial charge < -0.3 is 9.84 Å². The number of aliphatic hydroxyl groups is 1. The highest BCUT2D eigenvalue weighted by molar-refractivity contribution is 7.89. The number of aryl methyl sites for hydroxylation is 1. The average Bonchev–Trinajstić information content (AvgIpc) is 3.18. The van der Waals surface area contributed by atoms with Crippen molar-refractivity contribution in [2.24, 2.45) is 0 Å². The maximum Gasteiger partial charge on any atom is 0.243 e. The number of rotatable bonds is 8. The summed E-state index contributed by atoms with van der Waals surface area (Å²) >= 11 is 0. The van der Waals surface area contributed by atoms with Crippen molar-refractivity contribution in [3.8, 4) is 0 Å². The normalized spacial score (nSPS) is 25.0. The van der Waals surface area contributed by atoms with Crippen LogP contribution in [-0.4, -0.2) is 49.7 Å². The van der Waals surface area contributed by atoms with Gasteiger partial charge in [0.1, 0.15) is 0 Å². The second-order valence-corrected chi connectivity index (χ2v) is 7.24. The summed E-state index contributed by atoms with van der Waals surface area (Å²) in [4.78, 5) is 0.266. The Labute approximate surface area is 126 Å². The highest BCUT2D eigenvalue weighted by Gasteiger charge is 2.55. The van der Waals surface area contributed by atoms with Crippen molar-refractivity contribution in [3.63, 3.8) is 0 Å². The monoisotopic (exact) mass is 313 g/mol. The smallest absolute Gasteiger partial charge is 0.243 e. The Hall–Kier alpha value is -0.950. The predicted octanol–water partition coefficient (Wildman–Crippen LogP) is 1.55. The maximum absolute atomic E-state index is 12.5. The van der Waals surface area contributed by atoms with Crippen molar-refractivity contribution in [1.82, 2.24) is 4.31 Å². The van der Waals surface area contributed by atoms with Gasteiger partial charge in [-0.2, -0.15) is 4.31 Å². The molecule has 1 saturated heterocycles. The van der Waals surface area contributed by atoms with Gasteiger partial charge in [-0.25, -0.2) is 8.42 Å². The fourth-order valence-corrected chi connectivity index (χ4v) is 4.13. The van der Waals surface area contributed by atoms with Crippen LogP contribution in [-0.2, 0) is 14.8 Å². The van der Waals surface area contributed by atoms with E-state index in [2.05, 4.69) is 6.92 Å². The van der Waals surface area contributed by atoms with E-state index in [1.807, 2.05) is 6.92 Å². The number of sulfonamides is 1. The number of unbranched alkanes of at least 4 members (excludes halogenated alkanes) is 1. The van der Waals surface area contributed by atoms with Crippen LogP contribution in [0.3, 0.4) is 0 Å². The molecule has 1 N–H and O–H groups in total. The molecule has 21 heavy (non-hydrogen) atoms. The van der Waals surface area contributed by atoms with Gasteiger partial charge in [0, 0.05) is 6.61 Å². The maximum atomic E-state index is 12.5. The molecule has 0 aliphatic carbocycles. The van der Waals surface area contributed by atoms with Gasteiger partial charge in [0.05, 0.1) is 30.2 Å². The number of benzene rings is 1. The summed E-state index contributed by atoms with van der Waals surface area (Å²) in [6.45, 7) is 4.78. The Morgan fingerprint density at radius 1 is 1.24 bits per heavy atom. The van der Waals surface area contributed by atoms with Crippen molar-refractivity contribution < 1.29 is 18.3 Å². The predicted molar refractivity (Wildman–Crippen MR) is 80.6 cm³/mol. The van der Waals surface area contributed by atoms with Crippen LogP contribution in [0.1, 0.15) is 25.3 Å². The second-order valence-electron chi connectivity index (χ2n) is 5.39. The van der Waals surface area contributed by atoms with Crippen molar-refractivity contribution in [2.75, 3.05) is 19.8 Å². The molecule has 0 bridgehead atoms. The fraction of sp³-hybridized carbons (Fsp3) is 0.600. The molecule has 0 aromatic heterocycles. The summed E-state index contributed by atoms with van der Waals surface area (Å²) in [5.41, 5.74) is 1.01. The highest BCUT2D eigenvalue weighted by Crippen LogP contribution is 2.35. The van der Waals surface area contributed by atoms with E-state index in [0.29, 0.717) is 13.2 Å². The molecule has 2 rings (SSSR count). The summed E-state index contributed by atoms with van der Waals surface area (Å²) in [5.74, 6) is 0. The van der Waals surface area contributed by atoms with E-state index in [-0.39, 0.29) is 23.6 Å². The minimum absolute atomic E-state index is 0.174. The summed E-state index contributed by atoms with van der Waals surface area (Å²) in [5, 5.41) is 9.34. The molecule has 1 unspecified atom stereocenters. The van der Waals surface area contributed by atoms with Gasteiger partial charge in [-0.1, -0.05) is 31.0 Å². The van der Waals surface area contributed by atoms with Gasteiger partial charge in [-0.15, -0.1) is 0 Å². The van der Waals surface area contributed by atoms with Crippen LogP contribution in [0.2, 0.25) is 0 Å². The molecular weight excluding hydrogens is 290 g/mol. The lowest BCUT2D eigenvalue weighted by atomic mass is 10.2. The zero-order valence-electron chi connectivity index (χ0n) is 12.5. The molecule has 0 spiro atoms. The molecule has 1 aliphatic rings. The first-order chi connectivity index (χ1) is 10.0. The van der Waals surface area contributed by atoms with E-state index in [1.54, 1.807) is 24.3 Å². The zero-order chi connectivity index (χ0) is 15.5. The van der Waals surface area contributed by atoms with E-state index in [9.17, 15) is 13.5 Å². The molecule has 3 atom stereocenters. The number of hydrogen-bond donors (Lipinski definition) is 1. The SMILES string of the molecule is CCCCOC[C@@H]1[C@H](CO)N1S(=O)(=O)c1ccc(C)cc1.